The molecule has 0 radical (unpaired) electrons. The molecule has 0 N–H and O–H groups in total. The van der Waals surface area contributed by atoms with Gasteiger partial charge < -0.3 is 4.42 Å². The van der Waals surface area contributed by atoms with Crippen molar-refractivity contribution in [2.24, 2.45) is 0 Å². The molecule has 0 saturated carbocycles. The van der Waals surface area contributed by atoms with Gasteiger partial charge in [-0.15, -0.1) is 0 Å². The number of fused-ring (bicyclic) bond motifs is 6. The zero-order valence-corrected chi connectivity index (χ0v) is 26.7. The second-order valence-corrected chi connectivity index (χ2v) is 12.8. The van der Waals surface area contributed by atoms with Crippen LogP contribution in [0.15, 0.2) is 186 Å². The van der Waals surface area contributed by atoms with E-state index in [4.69, 9.17) is 4.42 Å². The summed E-state index contributed by atoms with van der Waals surface area (Å²) in [6.07, 6.45) is 0. The van der Waals surface area contributed by atoms with Crippen LogP contribution in [0.1, 0.15) is 0 Å². The zero-order chi connectivity index (χ0) is 32.3. The summed E-state index contributed by atoms with van der Waals surface area (Å²) in [7, 11) is 0. The average Bonchev–Trinajstić information content (AvgIpc) is 3.55. The van der Waals surface area contributed by atoms with Gasteiger partial charge >= 0.3 is 0 Å². The van der Waals surface area contributed by atoms with Crippen molar-refractivity contribution in [3.63, 3.8) is 0 Å². The Labute approximate surface area is 284 Å². The van der Waals surface area contributed by atoms with E-state index in [-0.39, 0.29) is 0 Å². The second kappa shape index (κ2) is 11.1. The first-order valence-electron chi connectivity index (χ1n) is 16.8. The van der Waals surface area contributed by atoms with E-state index in [0.717, 1.165) is 27.5 Å². The first kappa shape index (κ1) is 27.7. The highest BCUT2D eigenvalue weighted by molar-refractivity contribution is 6.24. The van der Waals surface area contributed by atoms with Crippen LogP contribution in [-0.4, -0.2) is 0 Å². The van der Waals surface area contributed by atoms with Crippen LogP contribution in [0.5, 0.6) is 0 Å². The molecule has 0 amide bonds. The standard InChI is InChI=1S/C48H30O/c1-2-12-31(13-3-1)33-15-10-16-34(28-33)35-25-24-32-14-11-22-43(44(32)29-35)48-41-20-6-4-18-39(41)47(40-19-5-7-21-42(40)48)36-26-27-38-37-17-8-9-23-45(37)49-46(38)30-36/h1-30H. The molecular formula is C48H30O. The number of benzene rings is 9. The lowest BCUT2D eigenvalue weighted by atomic mass is 9.84. The summed E-state index contributed by atoms with van der Waals surface area (Å²) in [6, 6.07) is 65.8. The molecule has 1 nitrogen and oxygen atoms in total. The molecule has 0 aliphatic carbocycles. The van der Waals surface area contributed by atoms with Gasteiger partial charge in [0.05, 0.1) is 0 Å². The largest absolute Gasteiger partial charge is 0.456 e. The third kappa shape index (κ3) is 4.47. The van der Waals surface area contributed by atoms with Crippen molar-refractivity contribution >= 4 is 54.3 Å². The predicted octanol–water partition coefficient (Wildman–Crippen LogP) is 13.7. The third-order valence-electron chi connectivity index (χ3n) is 10.1. The number of hydrogen-bond donors (Lipinski definition) is 0. The van der Waals surface area contributed by atoms with Gasteiger partial charge in [0.15, 0.2) is 0 Å². The first-order chi connectivity index (χ1) is 24.3. The molecule has 0 aliphatic heterocycles. The maximum Gasteiger partial charge on any atom is 0.136 e. The molecule has 0 atom stereocenters. The Kier molecular flexibility index (Phi) is 6.25. The molecule has 0 spiro atoms. The second-order valence-electron chi connectivity index (χ2n) is 12.8. The van der Waals surface area contributed by atoms with E-state index >= 15 is 0 Å². The van der Waals surface area contributed by atoms with Gasteiger partial charge in [0.2, 0.25) is 0 Å². The lowest BCUT2D eigenvalue weighted by Crippen LogP contribution is -1.92. The lowest BCUT2D eigenvalue weighted by molar-refractivity contribution is 0.669. The van der Waals surface area contributed by atoms with Crippen LogP contribution in [0.4, 0.5) is 0 Å². The van der Waals surface area contributed by atoms with Gasteiger partial charge in [-0.2, -0.15) is 0 Å². The number of rotatable bonds is 4. The molecule has 9 aromatic carbocycles. The smallest absolute Gasteiger partial charge is 0.136 e. The highest BCUT2D eigenvalue weighted by Gasteiger charge is 2.19. The molecular weight excluding hydrogens is 593 g/mol. The SMILES string of the molecule is c1ccc(-c2cccc(-c3ccc4cccc(-c5c6ccccc6c(-c6ccc7c(c6)oc6ccccc67)c6ccccc56)c4c3)c2)cc1. The Bertz CT molecular complexity index is 2820. The summed E-state index contributed by atoms with van der Waals surface area (Å²) in [5, 5.41) is 9.71. The van der Waals surface area contributed by atoms with Crippen molar-refractivity contribution in [1.29, 1.82) is 0 Å². The molecule has 10 rings (SSSR count). The van der Waals surface area contributed by atoms with Crippen LogP contribution < -0.4 is 0 Å². The molecule has 228 valence electrons. The number of furan rings is 1. The van der Waals surface area contributed by atoms with Gasteiger partial charge in [-0.25, -0.2) is 0 Å². The molecule has 0 bridgehead atoms. The highest BCUT2D eigenvalue weighted by atomic mass is 16.3. The van der Waals surface area contributed by atoms with E-state index in [1.165, 1.54) is 71.3 Å². The molecule has 0 saturated heterocycles. The lowest BCUT2D eigenvalue weighted by Gasteiger charge is -2.19. The summed E-state index contributed by atoms with van der Waals surface area (Å²) in [5.41, 5.74) is 11.6. The van der Waals surface area contributed by atoms with Crippen LogP contribution in [-0.2, 0) is 0 Å². The zero-order valence-electron chi connectivity index (χ0n) is 26.7. The quantitative estimate of drug-likeness (QED) is 0.178. The Morgan fingerprint density at radius 1 is 0.265 bits per heavy atom. The fourth-order valence-corrected chi connectivity index (χ4v) is 7.79. The molecule has 1 aromatic heterocycles. The van der Waals surface area contributed by atoms with E-state index in [0.29, 0.717) is 0 Å². The van der Waals surface area contributed by atoms with Crippen molar-refractivity contribution in [1.82, 2.24) is 0 Å². The van der Waals surface area contributed by atoms with Gasteiger partial charge in [-0.1, -0.05) is 152 Å². The van der Waals surface area contributed by atoms with Crippen LogP contribution in [0, 0.1) is 0 Å². The maximum atomic E-state index is 6.36. The molecule has 1 heterocycles. The minimum Gasteiger partial charge on any atom is -0.456 e. The van der Waals surface area contributed by atoms with Crippen molar-refractivity contribution in [2.45, 2.75) is 0 Å². The van der Waals surface area contributed by atoms with Gasteiger partial charge in [-0.05, 0) is 107 Å². The van der Waals surface area contributed by atoms with E-state index in [2.05, 4.69) is 170 Å². The van der Waals surface area contributed by atoms with E-state index in [1.807, 2.05) is 12.1 Å². The van der Waals surface area contributed by atoms with Gasteiger partial charge in [0.1, 0.15) is 11.2 Å². The average molecular weight is 623 g/mol. The van der Waals surface area contributed by atoms with Crippen LogP contribution in [0.2, 0.25) is 0 Å². The van der Waals surface area contributed by atoms with Crippen molar-refractivity contribution in [2.75, 3.05) is 0 Å². The summed E-state index contributed by atoms with van der Waals surface area (Å²) < 4.78 is 6.36. The molecule has 0 aliphatic rings. The highest BCUT2D eigenvalue weighted by Crippen LogP contribution is 2.46. The normalized spacial score (nSPS) is 11.7. The monoisotopic (exact) mass is 622 g/mol. The minimum absolute atomic E-state index is 0.911. The van der Waals surface area contributed by atoms with Gasteiger partial charge in [-0.3, -0.25) is 0 Å². The number of hydrogen-bond acceptors (Lipinski definition) is 1. The molecule has 0 unspecified atom stereocenters. The van der Waals surface area contributed by atoms with Crippen molar-refractivity contribution in [3.05, 3.63) is 182 Å². The van der Waals surface area contributed by atoms with Crippen LogP contribution >= 0.6 is 0 Å². The third-order valence-corrected chi connectivity index (χ3v) is 10.1. The summed E-state index contributed by atoms with van der Waals surface area (Å²) >= 11 is 0. The summed E-state index contributed by atoms with van der Waals surface area (Å²) in [5.74, 6) is 0. The topological polar surface area (TPSA) is 13.1 Å². The van der Waals surface area contributed by atoms with Crippen LogP contribution in [0.3, 0.4) is 0 Å². The minimum atomic E-state index is 0.911. The Balaban J connectivity index is 1.21. The summed E-state index contributed by atoms with van der Waals surface area (Å²) in [4.78, 5) is 0. The van der Waals surface area contributed by atoms with Crippen molar-refractivity contribution in [3.8, 4) is 44.5 Å². The van der Waals surface area contributed by atoms with E-state index in [9.17, 15) is 0 Å². The molecule has 10 aromatic rings. The van der Waals surface area contributed by atoms with Crippen LogP contribution in [0.25, 0.3) is 98.8 Å². The predicted molar refractivity (Wildman–Crippen MR) is 208 cm³/mol. The van der Waals surface area contributed by atoms with Gasteiger partial charge in [0.25, 0.3) is 0 Å². The number of para-hydroxylation sites is 1. The van der Waals surface area contributed by atoms with E-state index < -0.39 is 0 Å². The Hall–Kier alpha value is -6.44. The molecule has 49 heavy (non-hydrogen) atoms. The molecule has 0 fully saturated rings. The van der Waals surface area contributed by atoms with Gasteiger partial charge in [0, 0.05) is 10.8 Å². The fourth-order valence-electron chi connectivity index (χ4n) is 7.79. The Morgan fingerprint density at radius 2 is 0.816 bits per heavy atom. The van der Waals surface area contributed by atoms with E-state index in [1.54, 1.807) is 0 Å². The maximum absolute atomic E-state index is 6.36. The van der Waals surface area contributed by atoms with Crippen molar-refractivity contribution < 1.29 is 4.42 Å². The summed E-state index contributed by atoms with van der Waals surface area (Å²) in [6.45, 7) is 0. The molecule has 1 heteroatoms. The Morgan fingerprint density at radius 3 is 1.57 bits per heavy atom. The first-order valence-corrected chi connectivity index (χ1v) is 16.8. The fraction of sp³-hybridized carbons (Fsp3) is 0.